The zero-order valence-corrected chi connectivity index (χ0v) is 16.0. The van der Waals surface area contributed by atoms with Crippen LogP contribution in [-0.2, 0) is 4.79 Å². The predicted molar refractivity (Wildman–Crippen MR) is 107 cm³/mol. The fraction of sp³-hybridized carbons (Fsp3) is 0.250. The second-order valence-corrected chi connectivity index (χ2v) is 7.24. The van der Waals surface area contributed by atoms with Crippen molar-refractivity contribution in [2.75, 3.05) is 11.4 Å². The quantitative estimate of drug-likeness (QED) is 0.467. The number of imidazole rings is 1. The van der Waals surface area contributed by atoms with Gasteiger partial charge in [-0.05, 0) is 19.1 Å². The van der Waals surface area contributed by atoms with E-state index in [2.05, 4.69) is 25.3 Å². The van der Waals surface area contributed by atoms with Crippen LogP contribution in [0.1, 0.15) is 22.7 Å². The number of aliphatic carboxylic acids is 1. The minimum absolute atomic E-state index is 0.232. The highest BCUT2D eigenvalue weighted by Crippen LogP contribution is 2.35. The number of aromatic nitrogens is 4. The van der Waals surface area contributed by atoms with E-state index in [0.29, 0.717) is 28.3 Å². The van der Waals surface area contributed by atoms with Crippen molar-refractivity contribution >= 4 is 39.8 Å². The number of rotatable bonds is 4. The number of amides is 1. The van der Waals surface area contributed by atoms with Crippen LogP contribution < -0.4 is 10.2 Å². The first-order valence-corrected chi connectivity index (χ1v) is 9.46. The minimum atomic E-state index is -0.993. The summed E-state index contributed by atoms with van der Waals surface area (Å²) in [6.45, 7) is 2.03. The Morgan fingerprint density at radius 2 is 2.13 bits per heavy atom. The maximum absolute atomic E-state index is 12.4. The Kier molecular flexibility index (Phi) is 4.12. The molecule has 2 atom stereocenters. The molecule has 10 heteroatoms. The van der Waals surface area contributed by atoms with Crippen molar-refractivity contribution in [2.24, 2.45) is 0 Å². The minimum Gasteiger partial charge on any atom is -0.480 e. The number of furan rings is 1. The summed E-state index contributed by atoms with van der Waals surface area (Å²) in [6.07, 6.45) is 3.14. The van der Waals surface area contributed by atoms with Crippen LogP contribution in [-0.4, -0.2) is 55.5 Å². The topological polar surface area (TPSA) is 137 Å². The fourth-order valence-electron chi connectivity index (χ4n) is 3.93. The zero-order valence-electron chi connectivity index (χ0n) is 16.0. The highest BCUT2D eigenvalue weighted by molar-refractivity contribution is 6.06. The van der Waals surface area contributed by atoms with E-state index >= 15 is 0 Å². The van der Waals surface area contributed by atoms with Gasteiger partial charge in [-0.2, -0.15) is 0 Å². The molecule has 30 heavy (non-hydrogen) atoms. The van der Waals surface area contributed by atoms with Gasteiger partial charge in [0.2, 0.25) is 0 Å². The van der Waals surface area contributed by atoms with Gasteiger partial charge in [0, 0.05) is 30.6 Å². The average Bonchev–Trinajstić information content (AvgIpc) is 3.46. The van der Waals surface area contributed by atoms with Crippen molar-refractivity contribution in [2.45, 2.75) is 25.4 Å². The second-order valence-electron chi connectivity index (χ2n) is 7.24. The van der Waals surface area contributed by atoms with E-state index in [9.17, 15) is 14.7 Å². The van der Waals surface area contributed by atoms with Crippen molar-refractivity contribution < 1.29 is 19.1 Å². The Morgan fingerprint density at radius 3 is 2.90 bits per heavy atom. The van der Waals surface area contributed by atoms with E-state index in [1.165, 1.54) is 12.5 Å². The summed E-state index contributed by atoms with van der Waals surface area (Å²) in [4.78, 5) is 41.7. The molecule has 0 saturated carbocycles. The van der Waals surface area contributed by atoms with Gasteiger partial charge in [0.15, 0.2) is 11.4 Å². The lowest BCUT2D eigenvalue weighted by Gasteiger charge is -2.22. The summed E-state index contributed by atoms with van der Waals surface area (Å²) in [5, 5.41) is 13.5. The lowest BCUT2D eigenvalue weighted by atomic mass is 10.1. The van der Waals surface area contributed by atoms with E-state index in [-0.39, 0.29) is 30.6 Å². The molecule has 5 rings (SSSR count). The Hall–Kier alpha value is -3.95. The molecule has 0 radical (unpaired) electrons. The van der Waals surface area contributed by atoms with Crippen molar-refractivity contribution in [3.05, 3.63) is 48.3 Å². The Bertz CT molecular complexity index is 1270. The number of H-pyrrole nitrogens is 1. The predicted octanol–water partition coefficient (Wildman–Crippen LogP) is 1.87. The Balaban J connectivity index is 1.54. The number of carbonyl (C=O) groups is 2. The van der Waals surface area contributed by atoms with Crippen LogP contribution in [0.4, 0.5) is 5.82 Å². The van der Waals surface area contributed by atoms with Gasteiger partial charge in [0.25, 0.3) is 5.91 Å². The van der Waals surface area contributed by atoms with E-state index in [1.54, 1.807) is 11.8 Å². The molecule has 1 aliphatic rings. The monoisotopic (exact) mass is 406 g/mol. The number of aromatic amines is 1. The van der Waals surface area contributed by atoms with Crippen LogP contribution in [0.2, 0.25) is 0 Å². The first-order valence-electron chi connectivity index (χ1n) is 9.46. The van der Waals surface area contributed by atoms with Crippen molar-refractivity contribution in [1.82, 2.24) is 25.3 Å². The van der Waals surface area contributed by atoms with Crippen LogP contribution in [0, 0.1) is 6.92 Å². The number of carboxylic acid groups (broad SMARTS) is 1. The third-order valence-corrected chi connectivity index (χ3v) is 5.24. The largest absolute Gasteiger partial charge is 0.480 e. The van der Waals surface area contributed by atoms with Crippen molar-refractivity contribution in [3.8, 4) is 0 Å². The number of carboxylic acids is 1. The van der Waals surface area contributed by atoms with Gasteiger partial charge in [-0.1, -0.05) is 12.1 Å². The third kappa shape index (κ3) is 2.93. The molecule has 10 nitrogen and oxygen atoms in total. The van der Waals surface area contributed by atoms with Gasteiger partial charge in [0.05, 0.1) is 6.33 Å². The van der Waals surface area contributed by atoms with Crippen LogP contribution in [0.25, 0.3) is 22.1 Å². The highest BCUT2D eigenvalue weighted by atomic mass is 16.4. The lowest BCUT2D eigenvalue weighted by Crippen LogP contribution is -2.38. The van der Waals surface area contributed by atoms with Gasteiger partial charge in [-0.15, -0.1) is 0 Å². The molecule has 1 saturated heterocycles. The summed E-state index contributed by atoms with van der Waals surface area (Å²) < 4.78 is 5.99. The maximum Gasteiger partial charge on any atom is 0.326 e. The van der Waals surface area contributed by atoms with Crippen LogP contribution in [0.5, 0.6) is 0 Å². The number of hydrogen-bond acceptors (Lipinski definition) is 7. The van der Waals surface area contributed by atoms with Gasteiger partial charge in [-0.25, -0.2) is 19.7 Å². The number of fused-ring (bicyclic) bond motifs is 3. The Morgan fingerprint density at radius 1 is 1.30 bits per heavy atom. The molecule has 3 aromatic heterocycles. The number of anilines is 1. The second kappa shape index (κ2) is 6.83. The molecular formula is C20H18N6O4. The van der Waals surface area contributed by atoms with E-state index < -0.39 is 12.0 Å². The van der Waals surface area contributed by atoms with Crippen molar-refractivity contribution in [1.29, 1.82) is 0 Å². The summed E-state index contributed by atoms with van der Waals surface area (Å²) >= 11 is 0. The molecule has 1 aromatic carbocycles. The molecule has 0 spiro atoms. The standard InChI is InChI=1S/C20H18N6O4/c1-10-23-16-12-4-2-3-5-15(12)30-17(16)18(24-10)26-8-11(6-14(26)20(28)29)25-19(27)13-7-21-9-22-13/h2-5,7,9,11,14H,6,8H2,1H3,(H,21,22)(H,25,27)(H,28,29)/t11-,14-/m0/s1. The van der Waals surface area contributed by atoms with E-state index in [1.807, 2.05) is 24.3 Å². The zero-order chi connectivity index (χ0) is 20.8. The van der Waals surface area contributed by atoms with E-state index in [4.69, 9.17) is 4.42 Å². The molecular weight excluding hydrogens is 388 g/mol. The molecule has 1 fully saturated rings. The summed E-state index contributed by atoms with van der Waals surface area (Å²) in [5.41, 5.74) is 1.98. The molecule has 1 amide bonds. The summed E-state index contributed by atoms with van der Waals surface area (Å²) in [6, 6.07) is 6.25. The van der Waals surface area contributed by atoms with Gasteiger partial charge < -0.3 is 24.7 Å². The fourth-order valence-corrected chi connectivity index (χ4v) is 3.93. The average molecular weight is 406 g/mol. The molecule has 0 aliphatic carbocycles. The molecule has 152 valence electrons. The molecule has 4 aromatic rings. The molecule has 0 bridgehead atoms. The number of para-hydroxylation sites is 1. The summed E-state index contributed by atoms with van der Waals surface area (Å²) in [7, 11) is 0. The van der Waals surface area contributed by atoms with Gasteiger partial charge >= 0.3 is 5.97 Å². The van der Waals surface area contributed by atoms with Gasteiger partial charge in [-0.3, -0.25) is 4.79 Å². The third-order valence-electron chi connectivity index (χ3n) is 5.24. The number of carbonyl (C=O) groups excluding carboxylic acids is 1. The first-order chi connectivity index (χ1) is 14.5. The number of nitrogens with one attached hydrogen (secondary N) is 2. The van der Waals surface area contributed by atoms with Crippen LogP contribution in [0.3, 0.4) is 0 Å². The Labute approximate surface area is 169 Å². The molecule has 3 N–H and O–H groups in total. The van der Waals surface area contributed by atoms with Crippen molar-refractivity contribution in [3.63, 3.8) is 0 Å². The van der Waals surface area contributed by atoms with Crippen LogP contribution in [0.15, 0.2) is 41.2 Å². The smallest absolute Gasteiger partial charge is 0.326 e. The molecule has 1 aliphatic heterocycles. The highest BCUT2D eigenvalue weighted by Gasteiger charge is 2.40. The number of aryl methyl sites for hydroxylation is 1. The number of nitrogens with zero attached hydrogens (tertiary/aromatic N) is 4. The first kappa shape index (κ1) is 18.1. The van der Waals surface area contributed by atoms with E-state index in [0.717, 1.165) is 5.39 Å². The number of benzene rings is 1. The lowest BCUT2D eigenvalue weighted by molar-refractivity contribution is -0.138. The van der Waals surface area contributed by atoms with Gasteiger partial charge in [0.1, 0.15) is 28.7 Å². The maximum atomic E-state index is 12.4. The van der Waals surface area contributed by atoms with Crippen LogP contribution >= 0.6 is 0 Å². The normalized spacial score (nSPS) is 18.9. The summed E-state index contributed by atoms with van der Waals surface area (Å²) in [5.74, 6) is -0.429. The number of hydrogen-bond donors (Lipinski definition) is 3. The SMILES string of the molecule is Cc1nc(N2C[C@@H](NC(=O)c3c[nH]cn3)C[C@H]2C(=O)O)c2oc3ccccc3c2n1. The molecule has 0 unspecified atom stereocenters. The molecule has 4 heterocycles.